The average Bonchev–Trinajstić information content (AvgIpc) is 2.59. The molecule has 3 nitrogen and oxygen atoms in total. The Morgan fingerprint density at radius 2 is 1.64 bits per heavy atom. The largest absolute Gasteiger partial charge is 0.478 e. The van der Waals surface area contributed by atoms with E-state index in [4.69, 9.17) is 0 Å². The quantitative estimate of drug-likeness (QED) is 0.609. The second-order valence-corrected chi connectivity index (χ2v) is 10.7. The van der Waals surface area contributed by atoms with Gasteiger partial charge in [-0.2, -0.15) is 0 Å². The van der Waals surface area contributed by atoms with Crippen molar-refractivity contribution in [2.75, 3.05) is 0 Å². The minimum Gasteiger partial charge on any atom is -0.478 e. The molecule has 1 saturated carbocycles. The van der Waals surface area contributed by atoms with E-state index in [0.717, 1.165) is 24.3 Å². The number of benzene rings is 1. The van der Waals surface area contributed by atoms with Crippen molar-refractivity contribution >= 4 is 5.97 Å². The van der Waals surface area contributed by atoms with E-state index in [-0.39, 0.29) is 17.0 Å². The molecular weight excluding hydrogens is 346 g/mol. The van der Waals surface area contributed by atoms with Crippen LogP contribution >= 0.6 is 0 Å². The van der Waals surface area contributed by atoms with E-state index in [1.807, 2.05) is 6.07 Å². The Bertz CT molecular complexity index is 682. The Morgan fingerprint density at radius 3 is 2.18 bits per heavy atom. The van der Waals surface area contributed by atoms with Crippen molar-refractivity contribution in [1.29, 1.82) is 0 Å². The van der Waals surface area contributed by atoms with Crippen molar-refractivity contribution in [2.45, 2.75) is 109 Å². The van der Waals surface area contributed by atoms with Gasteiger partial charge in [0.05, 0.1) is 5.56 Å². The molecule has 156 valence electrons. The highest BCUT2D eigenvalue weighted by atomic mass is 16.4. The van der Waals surface area contributed by atoms with Gasteiger partial charge in [-0.1, -0.05) is 31.9 Å². The molecule has 1 heterocycles. The fourth-order valence-electron chi connectivity index (χ4n) is 6.10. The van der Waals surface area contributed by atoms with E-state index < -0.39 is 5.97 Å². The average molecular weight is 386 g/mol. The molecule has 0 unspecified atom stereocenters. The molecule has 1 aromatic carbocycles. The number of carboxylic acids is 1. The molecule has 3 heteroatoms. The third-order valence-electron chi connectivity index (χ3n) is 6.95. The van der Waals surface area contributed by atoms with Crippen molar-refractivity contribution in [1.82, 2.24) is 5.32 Å². The number of piperidine rings is 1. The number of hydrogen-bond donors (Lipinski definition) is 2. The highest BCUT2D eigenvalue weighted by molar-refractivity contribution is 5.89. The van der Waals surface area contributed by atoms with Crippen LogP contribution in [0, 0.1) is 5.92 Å². The molecule has 3 rings (SSSR count). The van der Waals surface area contributed by atoms with Gasteiger partial charge in [0.1, 0.15) is 0 Å². The van der Waals surface area contributed by atoms with Crippen LogP contribution in [-0.4, -0.2) is 22.2 Å². The lowest BCUT2D eigenvalue weighted by atomic mass is 9.71. The van der Waals surface area contributed by atoms with E-state index in [1.165, 1.54) is 44.1 Å². The summed E-state index contributed by atoms with van der Waals surface area (Å²) in [7, 11) is 0. The van der Waals surface area contributed by atoms with Crippen LogP contribution in [0.5, 0.6) is 0 Å². The van der Waals surface area contributed by atoms with Crippen LogP contribution in [0.25, 0.3) is 0 Å². The van der Waals surface area contributed by atoms with Crippen molar-refractivity contribution < 1.29 is 9.90 Å². The first-order chi connectivity index (χ1) is 13.1. The highest BCUT2D eigenvalue weighted by Gasteiger charge is 2.39. The third-order valence-corrected chi connectivity index (χ3v) is 6.95. The summed E-state index contributed by atoms with van der Waals surface area (Å²) >= 11 is 0. The molecule has 28 heavy (non-hydrogen) atoms. The summed E-state index contributed by atoms with van der Waals surface area (Å²) in [5.74, 6) is 0.985. The zero-order valence-electron chi connectivity index (χ0n) is 18.5. The lowest BCUT2D eigenvalue weighted by molar-refractivity contribution is 0.0692. The van der Waals surface area contributed by atoms with Gasteiger partial charge in [-0.3, -0.25) is 0 Å². The second kappa shape index (κ2) is 8.18. The normalized spacial score (nSPS) is 27.5. The predicted octanol–water partition coefficient (Wildman–Crippen LogP) is 6.48. The van der Waals surface area contributed by atoms with E-state index >= 15 is 0 Å². The predicted molar refractivity (Wildman–Crippen MR) is 116 cm³/mol. The molecule has 0 atom stereocenters. The standard InChI is InChI=1S/C25H39NO2/c1-6-7-17-8-10-18(11-9-17)19-12-13-21(23(27)28)22(14-19)20-15-24(2,3)26-25(4,5)16-20/h12-14,17-18,20,26H,6-11,15-16H2,1-5H3,(H,27,28)/t17-,18-. The van der Waals surface area contributed by atoms with Gasteiger partial charge in [0.2, 0.25) is 0 Å². The van der Waals surface area contributed by atoms with Gasteiger partial charge in [0, 0.05) is 11.1 Å². The molecule has 1 aromatic rings. The van der Waals surface area contributed by atoms with E-state index in [2.05, 4.69) is 52.1 Å². The Morgan fingerprint density at radius 1 is 1.04 bits per heavy atom. The van der Waals surface area contributed by atoms with Gasteiger partial charge in [0.15, 0.2) is 0 Å². The summed E-state index contributed by atoms with van der Waals surface area (Å²) in [5, 5.41) is 13.6. The Kier molecular flexibility index (Phi) is 6.24. The van der Waals surface area contributed by atoms with Crippen LogP contribution in [-0.2, 0) is 0 Å². The number of hydrogen-bond acceptors (Lipinski definition) is 2. The van der Waals surface area contributed by atoms with Gasteiger partial charge in [-0.05, 0) is 101 Å². The molecule has 0 aromatic heterocycles. The van der Waals surface area contributed by atoms with Crippen molar-refractivity contribution in [3.8, 4) is 0 Å². The van der Waals surface area contributed by atoms with Gasteiger partial charge in [-0.25, -0.2) is 4.79 Å². The fourth-order valence-corrected chi connectivity index (χ4v) is 6.10. The molecule has 0 radical (unpaired) electrons. The lowest BCUT2D eigenvalue weighted by Gasteiger charge is -2.47. The summed E-state index contributed by atoms with van der Waals surface area (Å²) in [6, 6.07) is 6.23. The molecule has 2 N–H and O–H groups in total. The number of rotatable bonds is 5. The molecule has 1 aliphatic heterocycles. The smallest absolute Gasteiger partial charge is 0.335 e. The number of carbonyl (C=O) groups is 1. The minimum absolute atomic E-state index is 0.0103. The van der Waals surface area contributed by atoms with Crippen molar-refractivity contribution in [3.63, 3.8) is 0 Å². The number of aromatic carboxylic acids is 1. The minimum atomic E-state index is -0.789. The first kappa shape index (κ1) is 21.4. The zero-order valence-corrected chi connectivity index (χ0v) is 18.5. The molecule has 0 bridgehead atoms. The molecule has 0 amide bonds. The molecule has 0 spiro atoms. The second-order valence-electron chi connectivity index (χ2n) is 10.7. The highest BCUT2D eigenvalue weighted by Crippen LogP contribution is 2.43. The Hall–Kier alpha value is -1.35. The Labute approximate surface area is 171 Å². The molecule has 1 aliphatic carbocycles. The van der Waals surface area contributed by atoms with Crippen LogP contribution in [0.1, 0.15) is 119 Å². The van der Waals surface area contributed by atoms with Crippen molar-refractivity contribution in [2.24, 2.45) is 5.92 Å². The topological polar surface area (TPSA) is 49.3 Å². The van der Waals surface area contributed by atoms with E-state index in [0.29, 0.717) is 11.5 Å². The maximum absolute atomic E-state index is 12.0. The molecular formula is C25H39NO2. The van der Waals surface area contributed by atoms with Gasteiger partial charge < -0.3 is 10.4 Å². The molecule has 2 fully saturated rings. The van der Waals surface area contributed by atoms with Gasteiger partial charge in [-0.15, -0.1) is 0 Å². The SMILES string of the molecule is CCC[C@H]1CC[C@H](c2ccc(C(=O)O)c(C3CC(C)(C)NC(C)(C)C3)c2)CC1. The first-order valence-electron chi connectivity index (χ1n) is 11.3. The monoisotopic (exact) mass is 385 g/mol. The van der Waals surface area contributed by atoms with Crippen molar-refractivity contribution in [3.05, 3.63) is 34.9 Å². The Balaban J connectivity index is 1.88. The van der Waals surface area contributed by atoms with Crippen LogP contribution in [0.3, 0.4) is 0 Å². The zero-order chi connectivity index (χ0) is 20.5. The van der Waals surface area contributed by atoms with E-state index in [1.54, 1.807) is 0 Å². The van der Waals surface area contributed by atoms with Crippen LogP contribution in [0.15, 0.2) is 18.2 Å². The summed E-state index contributed by atoms with van der Waals surface area (Å²) in [6.45, 7) is 11.2. The third kappa shape index (κ3) is 4.97. The number of carboxylic acid groups (broad SMARTS) is 1. The number of nitrogens with one attached hydrogen (secondary N) is 1. The molecule has 1 saturated heterocycles. The van der Waals surface area contributed by atoms with Gasteiger partial charge >= 0.3 is 5.97 Å². The molecule has 2 aliphatic rings. The summed E-state index contributed by atoms with van der Waals surface area (Å²) in [6.07, 6.45) is 9.74. The maximum atomic E-state index is 12.0. The first-order valence-corrected chi connectivity index (χ1v) is 11.3. The summed E-state index contributed by atoms with van der Waals surface area (Å²) in [4.78, 5) is 12.0. The van der Waals surface area contributed by atoms with Gasteiger partial charge in [0.25, 0.3) is 0 Å². The summed E-state index contributed by atoms with van der Waals surface area (Å²) < 4.78 is 0. The van der Waals surface area contributed by atoms with Crippen LogP contribution in [0.4, 0.5) is 0 Å². The fraction of sp³-hybridized carbons (Fsp3) is 0.720. The van der Waals surface area contributed by atoms with E-state index in [9.17, 15) is 9.90 Å². The maximum Gasteiger partial charge on any atom is 0.335 e. The van der Waals surface area contributed by atoms with Crippen LogP contribution in [0.2, 0.25) is 0 Å². The lowest BCUT2D eigenvalue weighted by Crippen LogP contribution is -2.57. The summed E-state index contributed by atoms with van der Waals surface area (Å²) in [5.41, 5.74) is 2.95. The van der Waals surface area contributed by atoms with Crippen LogP contribution < -0.4 is 5.32 Å².